The second kappa shape index (κ2) is 15.5. The molecule has 30 heavy (non-hydrogen) atoms. The van der Waals surface area contributed by atoms with Crippen molar-refractivity contribution in [3.8, 4) is 0 Å². The molecular formula is C21H34NO6PS. The van der Waals surface area contributed by atoms with Gasteiger partial charge in [-0.1, -0.05) is 50.7 Å². The summed E-state index contributed by atoms with van der Waals surface area (Å²) in [5.41, 5.74) is 0.776. The third-order valence-electron chi connectivity index (χ3n) is 4.56. The van der Waals surface area contributed by atoms with E-state index >= 15 is 0 Å². The molecule has 1 rings (SSSR count). The highest BCUT2D eigenvalue weighted by atomic mass is 32.2. The molecule has 0 spiro atoms. The van der Waals surface area contributed by atoms with E-state index in [2.05, 4.69) is 5.32 Å². The number of aliphatic carboxylic acids is 1. The van der Waals surface area contributed by atoms with Crippen LogP contribution in [0, 0.1) is 0 Å². The molecule has 1 aromatic carbocycles. The fourth-order valence-electron chi connectivity index (χ4n) is 2.98. The third kappa shape index (κ3) is 14.6. The van der Waals surface area contributed by atoms with Crippen LogP contribution >= 0.6 is 19.4 Å². The molecule has 1 aromatic rings. The fourth-order valence-corrected chi connectivity index (χ4v) is 4.57. The Morgan fingerprint density at radius 3 is 2.10 bits per heavy atom. The van der Waals surface area contributed by atoms with Crippen molar-refractivity contribution >= 4 is 36.9 Å². The molecule has 9 heteroatoms. The van der Waals surface area contributed by atoms with Gasteiger partial charge in [0.05, 0.1) is 5.69 Å². The number of benzene rings is 1. The molecule has 170 valence electrons. The van der Waals surface area contributed by atoms with Gasteiger partial charge < -0.3 is 20.2 Å². The number of carboxylic acids is 1. The SMILES string of the molecule is O=C(O)CCCSc1ccccc1NC(=O)CCCCCCCCCCP(=O)(O)O. The third-order valence-corrected chi connectivity index (χ3v) is 6.62. The molecule has 0 radical (unpaired) electrons. The van der Waals surface area contributed by atoms with Gasteiger partial charge in [0.15, 0.2) is 0 Å². The summed E-state index contributed by atoms with van der Waals surface area (Å²) in [7, 11) is -3.85. The highest BCUT2D eigenvalue weighted by Crippen LogP contribution is 2.35. The Labute approximate surface area is 183 Å². The summed E-state index contributed by atoms with van der Waals surface area (Å²) in [5.74, 6) is -0.110. The second-order valence-corrected chi connectivity index (χ2v) is 10.3. The summed E-state index contributed by atoms with van der Waals surface area (Å²) in [4.78, 5) is 41.3. The van der Waals surface area contributed by atoms with Crippen LogP contribution in [0.4, 0.5) is 5.69 Å². The maximum absolute atomic E-state index is 12.2. The molecule has 0 aromatic heterocycles. The van der Waals surface area contributed by atoms with Gasteiger partial charge in [-0.05, 0) is 37.1 Å². The first kappa shape index (κ1) is 26.7. The first-order valence-electron chi connectivity index (χ1n) is 10.6. The summed E-state index contributed by atoms with van der Waals surface area (Å²) < 4.78 is 10.7. The van der Waals surface area contributed by atoms with Crippen LogP contribution in [0.1, 0.15) is 70.6 Å². The maximum atomic E-state index is 12.2. The number of carbonyl (C=O) groups excluding carboxylic acids is 1. The zero-order valence-corrected chi connectivity index (χ0v) is 19.1. The van der Waals surface area contributed by atoms with Crippen molar-refractivity contribution in [3.63, 3.8) is 0 Å². The minimum atomic E-state index is -3.85. The quantitative estimate of drug-likeness (QED) is 0.142. The molecule has 0 fully saturated rings. The second-order valence-electron chi connectivity index (χ2n) is 7.36. The van der Waals surface area contributed by atoms with Crippen molar-refractivity contribution in [2.24, 2.45) is 0 Å². The number of carboxylic acid groups (broad SMARTS) is 1. The summed E-state index contributed by atoms with van der Waals surface area (Å²) in [5, 5.41) is 11.7. The lowest BCUT2D eigenvalue weighted by Crippen LogP contribution is -2.11. The van der Waals surface area contributed by atoms with Crippen molar-refractivity contribution < 1.29 is 29.0 Å². The molecule has 1 amide bonds. The molecule has 7 nitrogen and oxygen atoms in total. The molecule has 0 heterocycles. The van der Waals surface area contributed by atoms with E-state index in [0.29, 0.717) is 25.0 Å². The average molecular weight is 460 g/mol. The lowest BCUT2D eigenvalue weighted by atomic mass is 10.1. The van der Waals surface area contributed by atoms with Gasteiger partial charge >= 0.3 is 13.6 Å². The van der Waals surface area contributed by atoms with Crippen molar-refractivity contribution in [1.29, 1.82) is 0 Å². The van der Waals surface area contributed by atoms with E-state index in [1.54, 1.807) is 11.8 Å². The summed E-state index contributed by atoms with van der Waals surface area (Å²) in [6.45, 7) is 0. The van der Waals surface area contributed by atoms with Crippen LogP contribution < -0.4 is 5.32 Å². The predicted octanol–water partition coefficient (Wildman–Crippen LogP) is 5.27. The van der Waals surface area contributed by atoms with Crippen LogP contribution in [0.15, 0.2) is 29.2 Å². The van der Waals surface area contributed by atoms with Gasteiger partial charge in [-0.15, -0.1) is 11.8 Å². The Morgan fingerprint density at radius 1 is 0.867 bits per heavy atom. The first-order chi connectivity index (χ1) is 14.3. The van der Waals surface area contributed by atoms with E-state index < -0.39 is 13.6 Å². The maximum Gasteiger partial charge on any atom is 0.325 e. The molecule has 0 saturated carbocycles. The normalized spacial score (nSPS) is 11.4. The van der Waals surface area contributed by atoms with E-state index in [0.717, 1.165) is 55.5 Å². The van der Waals surface area contributed by atoms with Gasteiger partial charge in [0.25, 0.3) is 0 Å². The van der Waals surface area contributed by atoms with Gasteiger partial charge in [-0.3, -0.25) is 14.2 Å². The number of anilines is 1. The number of nitrogens with one attached hydrogen (secondary N) is 1. The summed E-state index contributed by atoms with van der Waals surface area (Å²) >= 11 is 1.55. The minimum absolute atomic E-state index is 0.00831. The standard InChI is InChI=1S/C21H34NO6PS/c23-20(14-7-5-3-1-2-4-6-10-16-29(26,27)28)22-18-12-8-9-13-19(18)30-17-11-15-21(24)25/h8-9,12-13H,1-7,10-11,14-17H2,(H,22,23)(H,24,25)(H2,26,27,28). The van der Waals surface area contributed by atoms with Crippen LogP contribution in [0.25, 0.3) is 0 Å². The molecule has 0 aliphatic carbocycles. The van der Waals surface area contributed by atoms with Crippen molar-refractivity contribution in [2.75, 3.05) is 17.2 Å². The van der Waals surface area contributed by atoms with Crippen molar-refractivity contribution in [2.45, 2.75) is 75.5 Å². The van der Waals surface area contributed by atoms with Crippen LogP contribution in [0.3, 0.4) is 0 Å². The van der Waals surface area contributed by atoms with E-state index in [9.17, 15) is 14.2 Å². The Kier molecular flexibility index (Phi) is 13.8. The largest absolute Gasteiger partial charge is 0.481 e. The molecular weight excluding hydrogens is 425 g/mol. The van der Waals surface area contributed by atoms with Gasteiger partial charge in [-0.2, -0.15) is 0 Å². The molecule has 4 N–H and O–H groups in total. The van der Waals surface area contributed by atoms with Crippen molar-refractivity contribution in [1.82, 2.24) is 0 Å². The smallest absolute Gasteiger partial charge is 0.325 e. The Bertz CT molecular complexity index is 694. The molecule has 0 aliphatic heterocycles. The Balaban J connectivity index is 2.13. The number of hydrogen-bond donors (Lipinski definition) is 4. The van der Waals surface area contributed by atoms with Crippen LogP contribution in [-0.4, -0.2) is 38.7 Å². The topological polar surface area (TPSA) is 124 Å². The monoisotopic (exact) mass is 459 g/mol. The first-order valence-corrected chi connectivity index (χ1v) is 13.3. The number of thioether (sulfide) groups is 1. The fraction of sp³-hybridized carbons (Fsp3) is 0.619. The molecule has 0 saturated heterocycles. The summed E-state index contributed by atoms with van der Waals surface area (Å²) in [6, 6.07) is 7.57. The lowest BCUT2D eigenvalue weighted by molar-refractivity contribution is -0.137. The van der Waals surface area contributed by atoms with E-state index in [4.69, 9.17) is 14.9 Å². The number of amides is 1. The number of carbonyl (C=O) groups is 2. The number of hydrogen-bond acceptors (Lipinski definition) is 4. The molecule has 0 bridgehead atoms. The predicted molar refractivity (Wildman–Crippen MR) is 121 cm³/mol. The molecule has 0 aliphatic rings. The zero-order valence-electron chi connectivity index (χ0n) is 17.4. The van der Waals surface area contributed by atoms with Crippen LogP contribution in [0.5, 0.6) is 0 Å². The van der Waals surface area contributed by atoms with Crippen molar-refractivity contribution in [3.05, 3.63) is 24.3 Å². The Morgan fingerprint density at radius 2 is 1.47 bits per heavy atom. The van der Waals surface area contributed by atoms with Crippen LogP contribution in [0.2, 0.25) is 0 Å². The Hall–Kier alpha value is -1.34. The number of rotatable bonds is 17. The number of unbranched alkanes of at least 4 members (excludes halogenated alkanes) is 7. The average Bonchev–Trinajstić information content (AvgIpc) is 2.67. The van der Waals surface area contributed by atoms with Gasteiger partial charge in [0.2, 0.25) is 5.91 Å². The van der Waals surface area contributed by atoms with Gasteiger partial charge in [0, 0.05) is 23.9 Å². The zero-order chi connectivity index (χ0) is 22.2. The summed E-state index contributed by atoms with van der Waals surface area (Å²) in [6.07, 6.45) is 8.61. The van der Waals surface area contributed by atoms with E-state index in [1.807, 2.05) is 24.3 Å². The van der Waals surface area contributed by atoms with E-state index in [-0.39, 0.29) is 18.5 Å². The van der Waals surface area contributed by atoms with Crippen LogP contribution in [-0.2, 0) is 14.2 Å². The number of para-hydroxylation sites is 1. The van der Waals surface area contributed by atoms with Gasteiger partial charge in [0.1, 0.15) is 0 Å². The van der Waals surface area contributed by atoms with E-state index in [1.165, 1.54) is 0 Å². The highest BCUT2D eigenvalue weighted by molar-refractivity contribution is 7.99. The molecule has 0 unspecified atom stereocenters. The molecule has 0 atom stereocenters. The van der Waals surface area contributed by atoms with Gasteiger partial charge in [-0.25, -0.2) is 0 Å². The lowest BCUT2D eigenvalue weighted by Gasteiger charge is -2.10. The minimum Gasteiger partial charge on any atom is -0.481 e. The highest BCUT2D eigenvalue weighted by Gasteiger charge is 2.11.